The van der Waals surface area contributed by atoms with Gasteiger partial charge in [-0.2, -0.15) is 0 Å². The first-order valence-corrected chi connectivity index (χ1v) is 6.80. The van der Waals surface area contributed by atoms with E-state index in [9.17, 15) is 14.9 Å². The van der Waals surface area contributed by atoms with Crippen LogP contribution in [0.1, 0.15) is 0 Å². The summed E-state index contributed by atoms with van der Waals surface area (Å²) in [5, 5.41) is 11.1. The first kappa shape index (κ1) is 14.0. The van der Waals surface area contributed by atoms with Gasteiger partial charge in [0.1, 0.15) is 5.82 Å². The zero-order valence-corrected chi connectivity index (χ0v) is 11.7. The molecule has 1 aliphatic rings. The average Bonchev–Trinajstić information content (AvgIpc) is 2.55. The van der Waals surface area contributed by atoms with E-state index in [2.05, 4.69) is 19.9 Å². The van der Waals surface area contributed by atoms with Crippen molar-refractivity contribution in [2.45, 2.75) is 0 Å². The van der Waals surface area contributed by atoms with E-state index in [4.69, 9.17) is 0 Å². The molecule has 9 heteroatoms. The van der Waals surface area contributed by atoms with Gasteiger partial charge in [0.25, 0.3) is 0 Å². The van der Waals surface area contributed by atoms with Crippen LogP contribution < -0.4 is 15.4 Å². The highest BCUT2D eigenvalue weighted by Gasteiger charge is 2.28. The fraction of sp³-hybridized carbons (Fsp3) is 0.308. The molecule has 2 aromatic rings. The van der Waals surface area contributed by atoms with Crippen LogP contribution in [0.5, 0.6) is 0 Å². The molecule has 1 saturated heterocycles. The second-order valence-corrected chi connectivity index (χ2v) is 4.82. The molecule has 0 aromatic carbocycles. The van der Waals surface area contributed by atoms with Gasteiger partial charge >= 0.3 is 11.2 Å². The van der Waals surface area contributed by atoms with Crippen LogP contribution in [0, 0.1) is 10.1 Å². The predicted molar refractivity (Wildman–Crippen MR) is 80.2 cm³/mol. The number of H-pyrrole nitrogens is 1. The second-order valence-electron chi connectivity index (χ2n) is 4.82. The molecule has 114 valence electrons. The highest BCUT2D eigenvalue weighted by atomic mass is 16.6. The summed E-state index contributed by atoms with van der Waals surface area (Å²) in [6, 6.07) is 5.69. The van der Waals surface area contributed by atoms with Crippen LogP contribution in [0.3, 0.4) is 0 Å². The molecule has 0 amide bonds. The highest BCUT2D eigenvalue weighted by Crippen LogP contribution is 2.23. The normalized spacial score (nSPS) is 14.9. The minimum Gasteiger partial charge on any atom is -0.353 e. The summed E-state index contributed by atoms with van der Waals surface area (Å²) in [5.41, 5.74) is -1.24. The Kier molecular flexibility index (Phi) is 3.69. The van der Waals surface area contributed by atoms with Crippen LogP contribution in [0.4, 0.5) is 17.3 Å². The Balaban J connectivity index is 1.79. The fourth-order valence-corrected chi connectivity index (χ4v) is 2.47. The number of aromatic amines is 1. The summed E-state index contributed by atoms with van der Waals surface area (Å²) < 4.78 is 0. The number of piperazine rings is 1. The van der Waals surface area contributed by atoms with Crippen LogP contribution in [-0.4, -0.2) is 46.1 Å². The second kappa shape index (κ2) is 5.80. The first-order chi connectivity index (χ1) is 10.7. The molecular weight excluding hydrogens is 288 g/mol. The molecule has 1 aliphatic heterocycles. The molecule has 9 nitrogen and oxygen atoms in total. The summed E-state index contributed by atoms with van der Waals surface area (Å²) in [4.78, 5) is 36.4. The average molecular weight is 302 g/mol. The third kappa shape index (κ3) is 2.60. The largest absolute Gasteiger partial charge is 0.375 e. The Morgan fingerprint density at radius 2 is 1.86 bits per heavy atom. The number of nitro groups is 1. The van der Waals surface area contributed by atoms with E-state index < -0.39 is 16.2 Å². The van der Waals surface area contributed by atoms with Crippen molar-refractivity contribution < 1.29 is 4.92 Å². The minimum absolute atomic E-state index is 0.120. The smallest absolute Gasteiger partial charge is 0.353 e. The molecule has 3 heterocycles. The standard InChI is InChI=1S/C13H14N6O3/c20-13-11(19(21)22)12(15-9-16-13)18-7-5-17(6-8-18)10-3-1-2-4-14-10/h1-4,9H,5-8H2,(H,15,16,20). The van der Waals surface area contributed by atoms with E-state index in [1.807, 2.05) is 18.2 Å². The number of pyridine rings is 1. The van der Waals surface area contributed by atoms with E-state index in [1.54, 1.807) is 11.1 Å². The third-order valence-electron chi connectivity index (χ3n) is 3.54. The predicted octanol–water partition coefficient (Wildman–Crippen LogP) is 0.400. The van der Waals surface area contributed by atoms with E-state index in [0.29, 0.717) is 26.2 Å². The van der Waals surface area contributed by atoms with Crippen molar-refractivity contribution in [2.24, 2.45) is 0 Å². The van der Waals surface area contributed by atoms with E-state index in [0.717, 1.165) is 5.82 Å². The summed E-state index contributed by atoms with van der Waals surface area (Å²) in [7, 11) is 0. The maximum absolute atomic E-state index is 11.6. The summed E-state index contributed by atoms with van der Waals surface area (Å²) in [5.74, 6) is 0.991. The fourth-order valence-electron chi connectivity index (χ4n) is 2.47. The molecular formula is C13H14N6O3. The first-order valence-electron chi connectivity index (χ1n) is 6.80. The Bertz CT molecular complexity index is 724. The van der Waals surface area contributed by atoms with Crippen molar-refractivity contribution in [3.05, 3.63) is 51.2 Å². The van der Waals surface area contributed by atoms with E-state index in [1.165, 1.54) is 6.33 Å². The quantitative estimate of drug-likeness (QED) is 0.645. The van der Waals surface area contributed by atoms with Crippen molar-refractivity contribution in [3.8, 4) is 0 Å². The van der Waals surface area contributed by atoms with Crippen molar-refractivity contribution >= 4 is 17.3 Å². The van der Waals surface area contributed by atoms with E-state index >= 15 is 0 Å². The van der Waals surface area contributed by atoms with Crippen LogP contribution in [-0.2, 0) is 0 Å². The number of rotatable bonds is 3. The maximum atomic E-state index is 11.6. The van der Waals surface area contributed by atoms with Gasteiger partial charge in [0.05, 0.1) is 11.3 Å². The van der Waals surface area contributed by atoms with Gasteiger partial charge in [-0.25, -0.2) is 9.97 Å². The monoisotopic (exact) mass is 302 g/mol. The Labute approximate surface area is 125 Å². The van der Waals surface area contributed by atoms with Gasteiger partial charge in [-0.05, 0) is 12.1 Å². The topological polar surface area (TPSA) is 108 Å². The Hall–Kier alpha value is -2.97. The third-order valence-corrected chi connectivity index (χ3v) is 3.54. The minimum atomic E-state index is -0.734. The van der Waals surface area contributed by atoms with Gasteiger partial charge in [-0.1, -0.05) is 6.07 Å². The lowest BCUT2D eigenvalue weighted by Gasteiger charge is -2.35. The molecule has 2 aromatic heterocycles. The van der Waals surface area contributed by atoms with Gasteiger partial charge in [0.15, 0.2) is 0 Å². The zero-order valence-electron chi connectivity index (χ0n) is 11.7. The van der Waals surface area contributed by atoms with Gasteiger partial charge in [0.2, 0.25) is 5.82 Å². The lowest BCUT2D eigenvalue weighted by atomic mass is 10.3. The zero-order chi connectivity index (χ0) is 15.5. The van der Waals surface area contributed by atoms with Crippen LogP contribution in [0.2, 0.25) is 0 Å². The number of hydrogen-bond acceptors (Lipinski definition) is 7. The number of hydrogen-bond donors (Lipinski definition) is 1. The molecule has 0 saturated carbocycles. The van der Waals surface area contributed by atoms with Crippen molar-refractivity contribution in [1.29, 1.82) is 0 Å². The highest BCUT2D eigenvalue weighted by molar-refractivity contribution is 5.57. The van der Waals surface area contributed by atoms with Gasteiger partial charge in [0, 0.05) is 32.4 Å². The molecule has 1 fully saturated rings. The van der Waals surface area contributed by atoms with Crippen LogP contribution in [0.15, 0.2) is 35.5 Å². The Morgan fingerprint density at radius 3 is 2.50 bits per heavy atom. The molecule has 0 radical (unpaired) electrons. The number of anilines is 2. The van der Waals surface area contributed by atoms with Gasteiger partial charge < -0.3 is 14.8 Å². The van der Waals surface area contributed by atoms with Gasteiger partial charge in [-0.15, -0.1) is 0 Å². The summed E-state index contributed by atoms with van der Waals surface area (Å²) >= 11 is 0. The molecule has 22 heavy (non-hydrogen) atoms. The molecule has 3 rings (SSSR count). The van der Waals surface area contributed by atoms with E-state index in [-0.39, 0.29) is 5.82 Å². The lowest BCUT2D eigenvalue weighted by molar-refractivity contribution is -0.385. The van der Waals surface area contributed by atoms with Crippen molar-refractivity contribution in [2.75, 3.05) is 36.0 Å². The summed E-state index contributed by atoms with van der Waals surface area (Å²) in [6.45, 7) is 2.38. The number of aromatic nitrogens is 3. The lowest BCUT2D eigenvalue weighted by Crippen LogP contribution is -2.47. The van der Waals surface area contributed by atoms with Gasteiger partial charge in [-0.3, -0.25) is 14.9 Å². The molecule has 0 bridgehead atoms. The van der Waals surface area contributed by atoms with Crippen LogP contribution in [0.25, 0.3) is 0 Å². The van der Waals surface area contributed by atoms with Crippen molar-refractivity contribution in [1.82, 2.24) is 15.0 Å². The maximum Gasteiger partial charge on any atom is 0.375 e. The SMILES string of the molecule is O=c1[nH]cnc(N2CCN(c3ccccn3)CC2)c1[N+](=O)[O-]. The molecule has 0 unspecified atom stereocenters. The summed E-state index contributed by atoms with van der Waals surface area (Å²) in [6.07, 6.45) is 2.92. The van der Waals surface area contributed by atoms with Crippen molar-refractivity contribution in [3.63, 3.8) is 0 Å². The van der Waals surface area contributed by atoms with Crippen LogP contribution >= 0.6 is 0 Å². The molecule has 1 N–H and O–H groups in total. The molecule has 0 aliphatic carbocycles. The number of nitrogens with zero attached hydrogens (tertiary/aromatic N) is 5. The molecule has 0 atom stereocenters. The number of nitrogens with one attached hydrogen (secondary N) is 1. The molecule has 0 spiro atoms. The Morgan fingerprint density at radius 1 is 1.14 bits per heavy atom.